The van der Waals surface area contributed by atoms with Crippen molar-refractivity contribution in [2.75, 3.05) is 33.1 Å². The summed E-state index contributed by atoms with van der Waals surface area (Å²) in [5.41, 5.74) is 2.34. The summed E-state index contributed by atoms with van der Waals surface area (Å²) in [7, 11) is 0. The van der Waals surface area contributed by atoms with Gasteiger partial charge in [0.15, 0.2) is 0 Å². The van der Waals surface area contributed by atoms with Gasteiger partial charge < -0.3 is 34.6 Å². The zero-order valence-corrected chi connectivity index (χ0v) is 18.2. The smallest absolute Gasteiger partial charge is 0.119 e. The van der Waals surface area contributed by atoms with E-state index in [1.54, 1.807) is 18.2 Å². The summed E-state index contributed by atoms with van der Waals surface area (Å²) in [4.78, 5) is 0. The van der Waals surface area contributed by atoms with Crippen molar-refractivity contribution in [2.45, 2.75) is 36.9 Å². The molecule has 9 heteroatoms. The highest BCUT2D eigenvalue weighted by atomic mass is 35.5. The van der Waals surface area contributed by atoms with Crippen molar-refractivity contribution < 1.29 is 39.0 Å². The van der Waals surface area contributed by atoms with Crippen LogP contribution in [0.2, 0.25) is 5.02 Å². The number of benzene rings is 2. The van der Waals surface area contributed by atoms with Gasteiger partial charge in [-0.2, -0.15) is 0 Å². The molecule has 2 aromatic carbocycles. The van der Waals surface area contributed by atoms with Gasteiger partial charge in [0.2, 0.25) is 0 Å². The minimum Gasteiger partial charge on any atom is -0.491 e. The fourth-order valence-corrected chi connectivity index (χ4v) is 3.77. The van der Waals surface area contributed by atoms with Crippen LogP contribution in [0.3, 0.4) is 0 Å². The molecule has 0 radical (unpaired) electrons. The largest absolute Gasteiger partial charge is 0.491 e. The Morgan fingerprint density at radius 3 is 2.38 bits per heavy atom. The maximum absolute atomic E-state index is 12.0. The molecule has 0 bridgehead atoms. The molecule has 2 unspecified atom stereocenters. The number of hydrogen-bond donors (Lipinski definition) is 4. The standard InChI is InChI=1S/C23H28ClFO7/c24-18-6-3-15(23-22(29)21(28)20(27)19(13-26)32-23)12-16(18)11-14-1-4-17(5-2-14)31-10-9-30-8-7-25/h1-6,12,19-23,26-29H,7-11,13H2/t19?,20-,21?,22-,23+/m1/s1. The average molecular weight is 471 g/mol. The molecule has 7 nitrogen and oxygen atoms in total. The van der Waals surface area contributed by atoms with E-state index in [0.717, 1.165) is 11.1 Å². The summed E-state index contributed by atoms with van der Waals surface area (Å²) >= 11 is 6.37. The van der Waals surface area contributed by atoms with Crippen LogP contribution < -0.4 is 4.74 Å². The van der Waals surface area contributed by atoms with Crippen LogP contribution >= 0.6 is 11.6 Å². The SMILES string of the molecule is OCC1O[C@@H](c2ccc(Cl)c(Cc3ccc(OCCOCCF)cc3)c2)[C@H](O)C(O)[C@@H]1O. The molecular weight excluding hydrogens is 443 g/mol. The summed E-state index contributed by atoms with van der Waals surface area (Å²) in [6.45, 7) is -0.309. The van der Waals surface area contributed by atoms with Crippen molar-refractivity contribution in [3.63, 3.8) is 0 Å². The van der Waals surface area contributed by atoms with E-state index in [0.29, 0.717) is 36.0 Å². The molecule has 0 aliphatic carbocycles. The van der Waals surface area contributed by atoms with Crippen molar-refractivity contribution in [3.05, 3.63) is 64.2 Å². The minimum absolute atomic E-state index is 0.0608. The Morgan fingerprint density at radius 1 is 0.938 bits per heavy atom. The normalized spacial score (nSPS) is 25.6. The Balaban J connectivity index is 1.67. The van der Waals surface area contributed by atoms with Gasteiger partial charge in [0.25, 0.3) is 0 Å². The van der Waals surface area contributed by atoms with Crippen LogP contribution in [0.5, 0.6) is 5.75 Å². The Bertz CT molecular complexity index is 849. The van der Waals surface area contributed by atoms with Gasteiger partial charge in [-0.3, -0.25) is 0 Å². The lowest BCUT2D eigenvalue weighted by Crippen LogP contribution is -2.55. The number of rotatable bonds is 10. The van der Waals surface area contributed by atoms with Gasteiger partial charge in [0, 0.05) is 5.02 Å². The van der Waals surface area contributed by atoms with Gasteiger partial charge in [-0.05, 0) is 41.3 Å². The first-order chi connectivity index (χ1) is 15.4. The van der Waals surface area contributed by atoms with E-state index in [4.69, 9.17) is 25.8 Å². The Morgan fingerprint density at radius 2 is 1.69 bits per heavy atom. The molecule has 32 heavy (non-hydrogen) atoms. The lowest BCUT2D eigenvalue weighted by molar-refractivity contribution is -0.231. The van der Waals surface area contributed by atoms with Crippen molar-refractivity contribution in [1.82, 2.24) is 0 Å². The molecule has 4 N–H and O–H groups in total. The maximum Gasteiger partial charge on any atom is 0.119 e. The highest BCUT2D eigenvalue weighted by Gasteiger charge is 2.44. The summed E-state index contributed by atoms with van der Waals surface area (Å²) in [5, 5.41) is 40.4. The molecule has 0 saturated carbocycles. The van der Waals surface area contributed by atoms with Crippen LogP contribution in [0.25, 0.3) is 0 Å². The summed E-state index contributed by atoms with van der Waals surface area (Å²) in [6.07, 6.45) is -5.60. The molecule has 0 amide bonds. The predicted octanol–water partition coefficient (Wildman–Crippen LogP) is 1.81. The number of ether oxygens (including phenoxy) is 3. The summed E-state index contributed by atoms with van der Waals surface area (Å²) < 4.78 is 28.2. The fraction of sp³-hybridized carbons (Fsp3) is 0.478. The maximum atomic E-state index is 12.0. The Kier molecular flexibility index (Phi) is 9.24. The summed E-state index contributed by atoms with van der Waals surface area (Å²) in [5.74, 6) is 0.666. The third kappa shape index (κ3) is 6.17. The topological polar surface area (TPSA) is 109 Å². The van der Waals surface area contributed by atoms with Crippen LogP contribution in [-0.4, -0.2) is 77.9 Å². The number of aliphatic hydroxyl groups excluding tert-OH is 4. The van der Waals surface area contributed by atoms with Gasteiger partial charge in [-0.15, -0.1) is 0 Å². The van der Waals surface area contributed by atoms with Gasteiger partial charge in [-0.1, -0.05) is 35.9 Å². The monoisotopic (exact) mass is 470 g/mol. The average Bonchev–Trinajstić information content (AvgIpc) is 2.80. The molecule has 0 spiro atoms. The van der Waals surface area contributed by atoms with Crippen LogP contribution in [0.4, 0.5) is 4.39 Å². The van der Waals surface area contributed by atoms with Gasteiger partial charge >= 0.3 is 0 Å². The van der Waals surface area contributed by atoms with Crippen molar-refractivity contribution in [1.29, 1.82) is 0 Å². The van der Waals surface area contributed by atoms with Crippen molar-refractivity contribution in [3.8, 4) is 5.75 Å². The molecule has 3 rings (SSSR count). The lowest BCUT2D eigenvalue weighted by atomic mass is 9.90. The van der Waals surface area contributed by atoms with Crippen LogP contribution in [0, 0.1) is 0 Å². The van der Waals surface area contributed by atoms with E-state index < -0.39 is 43.8 Å². The van der Waals surface area contributed by atoms with Gasteiger partial charge in [-0.25, -0.2) is 4.39 Å². The van der Waals surface area contributed by atoms with E-state index in [-0.39, 0.29) is 6.61 Å². The van der Waals surface area contributed by atoms with Gasteiger partial charge in [0.1, 0.15) is 49.6 Å². The number of hydrogen-bond acceptors (Lipinski definition) is 7. The second-order valence-corrected chi connectivity index (χ2v) is 7.98. The Labute approximate surface area is 190 Å². The van der Waals surface area contributed by atoms with Gasteiger partial charge in [0.05, 0.1) is 19.8 Å². The van der Waals surface area contributed by atoms with Crippen molar-refractivity contribution >= 4 is 11.6 Å². The summed E-state index contributed by atoms with van der Waals surface area (Å²) in [6, 6.07) is 12.6. The van der Waals surface area contributed by atoms with Crippen LogP contribution in [0.15, 0.2) is 42.5 Å². The Hall–Kier alpha value is -1.78. The van der Waals surface area contributed by atoms with E-state index in [1.807, 2.05) is 24.3 Å². The molecular formula is C23H28ClFO7. The van der Waals surface area contributed by atoms with Crippen molar-refractivity contribution in [2.24, 2.45) is 0 Å². The second kappa shape index (κ2) is 11.9. The van der Waals surface area contributed by atoms with E-state index in [9.17, 15) is 24.8 Å². The zero-order chi connectivity index (χ0) is 23.1. The number of alkyl halides is 1. The van der Waals surface area contributed by atoms with E-state index >= 15 is 0 Å². The lowest BCUT2D eigenvalue weighted by Gasteiger charge is -2.40. The zero-order valence-electron chi connectivity index (χ0n) is 17.4. The molecule has 1 fully saturated rings. The quantitative estimate of drug-likeness (QED) is 0.392. The minimum atomic E-state index is -1.44. The molecule has 1 saturated heterocycles. The molecule has 1 aliphatic heterocycles. The number of halogens is 2. The first-order valence-electron chi connectivity index (χ1n) is 10.4. The highest BCUT2D eigenvalue weighted by molar-refractivity contribution is 6.31. The molecule has 1 aliphatic rings. The van der Waals surface area contributed by atoms with E-state index in [2.05, 4.69) is 0 Å². The third-order valence-electron chi connectivity index (χ3n) is 5.33. The molecule has 5 atom stereocenters. The van der Waals surface area contributed by atoms with Crippen LogP contribution in [-0.2, 0) is 15.9 Å². The molecule has 0 aromatic heterocycles. The first kappa shape index (κ1) is 24.9. The first-order valence-corrected chi connectivity index (χ1v) is 10.8. The highest BCUT2D eigenvalue weighted by Crippen LogP contribution is 2.34. The molecule has 1 heterocycles. The third-order valence-corrected chi connectivity index (χ3v) is 5.70. The van der Waals surface area contributed by atoms with Crippen LogP contribution in [0.1, 0.15) is 22.8 Å². The predicted molar refractivity (Wildman–Crippen MR) is 116 cm³/mol. The fourth-order valence-electron chi connectivity index (χ4n) is 3.58. The molecule has 176 valence electrons. The number of aliphatic hydroxyl groups is 4. The second-order valence-electron chi connectivity index (χ2n) is 7.57. The van der Waals surface area contributed by atoms with E-state index in [1.165, 1.54) is 0 Å². The molecule has 2 aromatic rings.